The maximum atomic E-state index is 11.9. The van der Waals surface area contributed by atoms with Gasteiger partial charge in [-0.25, -0.2) is 13.6 Å². The lowest BCUT2D eigenvalue weighted by Crippen LogP contribution is -2.38. The highest BCUT2D eigenvalue weighted by molar-refractivity contribution is 7.89. The molecular formula is C11H20N2O5S. The molecule has 0 aromatic heterocycles. The Morgan fingerprint density at radius 2 is 1.89 bits per heavy atom. The molecule has 0 heterocycles. The number of rotatable bonds is 6. The first-order valence-corrected chi connectivity index (χ1v) is 7.97. The van der Waals surface area contributed by atoms with Crippen LogP contribution in [0.3, 0.4) is 0 Å². The van der Waals surface area contributed by atoms with Crippen LogP contribution in [-0.2, 0) is 19.6 Å². The second-order valence-corrected chi connectivity index (χ2v) is 6.69. The number of nitrogens with one attached hydrogen (secondary N) is 1. The number of carboxylic acids is 1. The molecular weight excluding hydrogens is 272 g/mol. The van der Waals surface area contributed by atoms with Crippen molar-refractivity contribution < 1.29 is 23.1 Å². The molecule has 0 aromatic carbocycles. The van der Waals surface area contributed by atoms with Crippen molar-refractivity contribution in [3.05, 3.63) is 0 Å². The molecule has 1 fully saturated rings. The number of nitrogens with two attached hydrogens (primary N) is 1. The van der Waals surface area contributed by atoms with Crippen molar-refractivity contribution in [3.8, 4) is 0 Å². The fraction of sp³-hybridized carbons (Fsp3) is 0.818. The smallest absolute Gasteiger partial charge is 0.307 e. The fourth-order valence-corrected chi connectivity index (χ4v) is 2.87. The van der Waals surface area contributed by atoms with E-state index in [0.717, 1.165) is 6.42 Å². The molecule has 0 aliphatic heterocycles. The van der Waals surface area contributed by atoms with Crippen molar-refractivity contribution in [2.45, 2.75) is 26.2 Å². The van der Waals surface area contributed by atoms with Crippen molar-refractivity contribution in [2.24, 2.45) is 22.9 Å². The quantitative estimate of drug-likeness (QED) is 0.610. The van der Waals surface area contributed by atoms with Gasteiger partial charge in [-0.05, 0) is 18.8 Å². The molecule has 110 valence electrons. The third-order valence-corrected chi connectivity index (χ3v) is 4.35. The lowest BCUT2D eigenvalue weighted by atomic mass is 9.95. The number of hydrogen-bond acceptors (Lipinski definition) is 4. The molecule has 0 spiro atoms. The van der Waals surface area contributed by atoms with Gasteiger partial charge < -0.3 is 10.4 Å². The van der Waals surface area contributed by atoms with E-state index in [1.165, 1.54) is 0 Å². The number of hydrogen-bond donors (Lipinski definition) is 3. The first-order chi connectivity index (χ1) is 8.74. The van der Waals surface area contributed by atoms with E-state index in [4.69, 9.17) is 10.2 Å². The zero-order valence-corrected chi connectivity index (χ0v) is 11.6. The van der Waals surface area contributed by atoms with E-state index in [1.54, 1.807) is 0 Å². The Bertz CT molecular complexity index is 448. The van der Waals surface area contributed by atoms with Gasteiger partial charge in [0.2, 0.25) is 15.9 Å². The van der Waals surface area contributed by atoms with E-state index in [-0.39, 0.29) is 18.2 Å². The van der Waals surface area contributed by atoms with Crippen LogP contribution in [0.2, 0.25) is 0 Å². The van der Waals surface area contributed by atoms with E-state index in [9.17, 15) is 18.0 Å². The lowest BCUT2D eigenvalue weighted by Gasteiger charge is -2.15. The minimum absolute atomic E-state index is 0.0860. The Balaban J connectivity index is 2.57. The van der Waals surface area contributed by atoms with Gasteiger partial charge in [0.25, 0.3) is 0 Å². The molecule has 0 aromatic rings. The number of sulfonamides is 1. The average Bonchev–Trinajstić information content (AvgIpc) is 2.71. The van der Waals surface area contributed by atoms with Crippen LogP contribution in [0.4, 0.5) is 0 Å². The Kier molecular flexibility index (Phi) is 5.30. The monoisotopic (exact) mass is 292 g/mol. The zero-order valence-electron chi connectivity index (χ0n) is 10.8. The van der Waals surface area contributed by atoms with E-state index >= 15 is 0 Å². The molecule has 4 N–H and O–H groups in total. The Morgan fingerprint density at radius 1 is 1.32 bits per heavy atom. The van der Waals surface area contributed by atoms with Crippen LogP contribution in [0, 0.1) is 17.8 Å². The number of carboxylic acid groups (broad SMARTS) is 1. The first-order valence-electron chi connectivity index (χ1n) is 6.25. The van der Waals surface area contributed by atoms with Gasteiger partial charge in [-0.3, -0.25) is 9.59 Å². The lowest BCUT2D eigenvalue weighted by molar-refractivity contribution is -0.146. The van der Waals surface area contributed by atoms with Crippen molar-refractivity contribution in [1.29, 1.82) is 0 Å². The van der Waals surface area contributed by atoms with E-state index in [0.29, 0.717) is 12.8 Å². The van der Waals surface area contributed by atoms with Crippen LogP contribution in [0.15, 0.2) is 0 Å². The highest BCUT2D eigenvalue weighted by atomic mass is 32.2. The van der Waals surface area contributed by atoms with Crippen LogP contribution in [0.25, 0.3) is 0 Å². The standard InChI is InChI=1S/C11H20N2O5S/c1-2-7-5-8(9(6-7)11(15)16)10(14)13-3-4-19(12,17)18/h7-9H,2-6H2,1H3,(H,13,14)(H,15,16)(H2,12,17,18)/t7?,8-,9+/m0/s1. The second-order valence-electron chi connectivity index (χ2n) is 4.95. The van der Waals surface area contributed by atoms with Gasteiger partial charge in [0.1, 0.15) is 0 Å². The molecule has 1 unspecified atom stereocenters. The predicted molar refractivity (Wildman–Crippen MR) is 68.6 cm³/mol. The normalized spacial score (nSPS) is 27.2. The van der Waals surface area contributed by atoms with Gasteiger partial charge in [-0.1, -0.05) is 13.3 Å². The summed E-state index contributed by atoms with van der Waals surface area (Å²) in [5, 5.41) is 16.4. The third kappa shape index (κ3) is 4.79. The van der Waals surface area contributed by atoms with Gasteiger partial charge in [0, 0.05) is 6.54 Å². The maximum Gasteiger partial charge on any atom is 0.307 e. The first kappa shape index (κ1) is 15.9. The van der Waals surface area contributed by atoms with Gasteiger partial charge in [-0.15, -0.1) is 0 Å². The van der Waals surface area contributed by atoms with Crippen LogP contribution < -0.4 is 10.5 Å². The van der Waals surface area contributed by atoms with E-state index in [1.807, 2.05) is 6.92 Å². The Labute approximate surface area is 112 Å². The number of carbonyl (C=O) groups is 2. The number of carbonyl (C=O) groups excluding carboxylic acids is 1. The van der Waals surface area contributed by atoms with Crippen molar-refractivity contribution >= 4 is 21.9 Å². The summed E-state index contributed by atoms with van der Waals surface area (Å²) in [6.07, 6.45) is 1.87. The Morgan fingerprint density at radius 3 is 2.37 bits per heavy atom. The van der Waals surface area contributed by atoms with Crippen LogP contribution in [0.5, 0.6) is 0 Å². The van der Waals surface area contributed by atoms with Crippen molar-refractivity contribution in [2.75, 3.05) is 12.3 Å². The minimum atomic E-state index is -3.62. The molecule has 1 amide bonds. The third-order valence-electron chi connectivity index (χ3n) is 3.58. The highest BCUT2D eigenvalue weighted by Gasteiger charge is 2.41. The van der Waals surface area contributed by atoms with Crippen molar-refractivity contribution in [3.63, 3.8) is 0 Å². The molecule has 7 nitrogen and oxygen atoms in total. The summed E-state index contributed by atoms with van der Waals surface area (Å²) in [5.41, 5.74) is 0. The van der Waals surface area contributed by atoms with Gasteiger partial charge in [0.15, 0.2) is 0 Å². The molecule has 1 saturated carbocycles. The second kappa shape index (κ2) is 6.33. The summed E-state index contributed by atoms with van der Waals surface area (Å²) >= 11 is 0. The van der Waals surface area contributed by atoms with Crippen LogP contribution in [-0.4, -0.2) is 37.7 Å². The van der Waals surface area contributed by atoms with Crippen LogP contribution in [0.1, 0.15) is 26.2 Å². The summed E-state index contributed by atoms with van der Waals surface area (Å²) in [7, 11) is -3.62. The van der Waals surface area contributed by atoms with Crippen LogP contribution >= 0.6 is 0 Å². The highest BCUT2D eigenvalue weighted by Crippen LogP contribution is 2.38. The van der Waals surface area contributed by atoms with Gasteiger partial charge in [0.05, 0.1) is 17.6 Å². The summed E-state index contributed by atoms with van der Waals surface area (Å²) in [6.45, 7) is 1.88. The van der Waals surface area contributed by atoms with Gasteiger partial charge >= 0.3 is 5.97 Å². The van der Waals surface area contributed by atoms with E-state index < -0.39 is 33.7 Å². The summed E-state index contributed by atoms with van der Waals surface area (Å²) in [5.74, 6) is -2.74. The average molecular weight is 292 g/mol. The number of aliphatic carboxylic acids is 1. The zero-order chi connectivity index (χ0) is 14.6. The molecule has 0 saturated heterocycles. The number of primary sulfonamides is 1. The molecule has 0 bridgehead atoms. The summed E-state index contributed by atoms with van der Waals surface area (Å²) < 4.78 is 21.5. The molecule has 1 aliphatic rings. The predicted octanol–water partition coefficient (Wildman–Crippen LogP) is -0.472. The SMILES string of the molecule is CCC1C[C@H](C(=O)NCCS(N)(=O)=O)[C@H](C(=O)O)C1. The summed E-state index contributed by atoms with van der Waals surface area (Å²) in [4.78, 5) is 23.0. The molecule has 8 heteroatoms. The molecule has 0 radical (unpaired) electrons. The number of amides is 1. The van der Waals surface area contributed by atoms with Crippen molar-refractivity contribution in [1.82, 2.24) is 5.32 Å². The largest absolute Gasteiger partial charge is 0.481 e. The topological polar surface area (TPSA) is 127 Å². The molecule has 19 heavy (non-hydrogen) atoms. The maximum absolute atomic E-state index is 11.9. The fourth-order valence-electron chi connectivity index (χ4n) is 2.49. The van der Waals surface area contributed by atoms with E-state index in [2.05, 4.69) is 5.32 Å². The molecule has 3 atom stereocenters. The summed E-state index contributed by atoms with van der Waals surface area (Å²) in [6, 6.07) is 0. The van der Waals surface area contributed by atoms with Gasteiger partial charge in [-0.2, -0.15) is 0 Å². The minimum Gasteiger partial charge on any atom is -0.481 e. The molecule has 1 aliphatic carbocycles. The molecule has 1 rings (SSSR count). The Hall–Kier alpha value is -1.15.